The van der Waals surface area contributed by atoms with Crippen molar-refractivity contribution in [1.29, 1.82) is 0 Å². The predicted molar refractivity (Wildman–Crippen MR) is 79.1 cm³/mol. The van der Waals surface area contributed by atoms with Gasteiger partial charge in [-0.25, -0.2) is 0 Å². The largest absolute Gasteiger partial charge is 0.358 e. The van der Waals surface area contributed by atoms with Crippen LogP contribution in [-0.2, 0) is 13.0 Å². The van der Waals surface area contributed by atoms with Gasteiger partial charge in [0.25, 0.3) is 0 Å². The number of hydrogen-bond acceptors (Lipinski definition) is 1. The van der Waals surface area contributed by atoms with Gasteiger partial charge in [0.05, 0.1) is 0 Å². The van der Waals surface area contributed by atoms with Gasteiger partial charge in [0.1, 0.15) is 0 Å². The van der Waals surface area contributed by atoms with Gasteiger partial charge in [-0.15, -0.1) is 0 Å². The van der Waals surface area contributed by atoms with Crippen molar-refractivity contribution in [2.75, 3.05) is 6.54 Å². The van der Waals surface area contributed by atoms with E-state index in [1.165, 1.54) is 22.5 Å². The lowest BCUT2D eigenvalue weighted by atomic mass is 10.0. The average Bonchev–Trinajstić information content (AvgIpc) is 2.69. The molecule has 1 aromatic rings. The fourth-order valence-electron chi connectivity index (χ4n) is 2.00. The molecule has 0 amide bonds. The molecule has 0 atom stereocenters. The number of nitrogens with one attached hydrogen (secondary N) is 2. The third-order valence-electron chi connectivity index (χ3n) is 2.66. The molecule has 2 rings (SSSR count). The van der Waals surface area contributed by atoms with Gasteiger partial charge in [0.15, 0.2) is 0 Å². The second-order valence-corrected chi connectivity index (χ2v) is 3.54. The van der Waals surface area contributed by atoms with Crippen LogP contribution in [0.3, 0.4) is 0 Å². The molecular formula is C15H26N2. The Labute approximate surface area is 106 Å². The molecule has 0 aromatic carbocycles. The SMILES string of the molecule is C.C=Cc1c(/C=C\C)[nH]c2c1CNCC2.CC. The summed E-state index contributed by atoms with van der Waals surface area (Å²) in [5, 5.41) is 3.38. The zero-order valence-corrected chi connectivity index (χ0v) is 10.6. The zero-order chi connectivity index (χ0) is 12.0. The van der Waals surface area contributed by atoms with E-state index in [4.69, 9.17) is 0 Å². The van der Waals surface area contributed by atoms with Gasteiger partial charge in [0.2, 0.25) is 0 Å². The normalized spacial score (nSPS) is 13.4. The summed E-state index contributed by atoms with van der Waals surface area (Å²) in [4.78, 5) is 3.46. The Balaban J connectivity index is 0.000000811. The van der Waals surface area contributed by atoms with Crippen LogP contribution in [0.15, 0.2) is 12.7 Å². The van der Waals surface area contributed by atoms with E-state index in [1.807, 2.05) is 26.8 Å². The molecule has 0 radical (unpaired) electrons. The van der Waals surface area contributed by atoms with Crippen molar-refractivity contribution in [3.8, 4) is 0 Å². The van der Waals surface area contributed by atoms with E-state index in [2.05, 4.69) is 29.0 Å². The predicted octanol–water partition coefficient (Wildman–Crippen LogP) is 4.00. The first kappa shape index (κ1) is 15.7. The Bertz CT molecular complexity index is 373. The maximum Gasteiger partial charge on any atom is 0.0455 e. The topological polar surface area (TPSA) is 27.8 Å². The quantitative estimate of drug-likeness (QED) is 0.795. The number of hydrogen-bond donors (Lipinski definition) is 2. The fraction of sp³-hybridized carbons (Fsp3) is 0.467. The van der Waals surface area contributed by atoms with Crippen LogP contribution in [-0.4, -0.2) is 11.5 Å². The highest BCUT2D eigenvalue weighted by Crippen LogP contribution is 2.24. The van der Waals surface area contributed by atoms with E-state index in [0.717, 1.165) is 19.5 Å². The first-order chi connectivity index (χ1) is 7.86. The standard InChI is InChI=1S/C12H16N2.C2H6.CH4/c1-3-5-11-9(4-2)10-8-13-7-6-12(10)14-11;1-2;/h3-5,13-14H,2,6-8H2,1H3;1-2H3;1H4/b5-3-;;. The van der Waals surface area contributed by atoms with Crippen LogP contribution in [0.5, 0.6) is 0 Å². The molecule has 0 saturated heterocycles. The number of fused-ring (bicyclic) bond motifs is 1. The molecule has 2 heterocycles. The Hall–Kier alpha value is -1.28. The lowest BCUT2D eigenvalue weighted by Gasteiger charge is -2.12. The van der Waals surface area contributed by atoms with Crippen LogP contribution in [0.1, 0.15) is 50.7 Å². The molecule has 0 bridgehead atoms. The minimum absolute atomic E-state index is 0. The van der Waals surface area contributed by atoms with E-state index < -0.39 is 0 Å². The Morgan fingerprint density at radius 3 is 2.59 bits per heavy atom. The number of H-pyrrole nitrogens is 1. The summed E-state index contributed by atoms with van der Waals surface area (Å²) < 4.78 is 0. The average molecular weight is 234 g/mol. The number of rotatable bonds is 2. The second-order valence-electron chi connectivity index (χ2n) is 3.54. The monoisotopic (exact) mass is 234 g/mol. The van der Waals surface area contributed by atoms with Crippen LogP contribution in [0.25, 0.3) is 12.2 Å². The molecule has 2 nitrogen and oxygen atoms in total. The molecule has 2 N–H and O–H groups in total. The van der Waals surface area contributed by atoms with Crippen LogP contribution in [0.4, 0.5) is 0 Å². The molecule has 17 heavy (non-hydrogen) atoms. The highest BCUT2D eigenvalue weighted by molar-refractivity contribution is 5.66. The smallest absolute Gasteiger partial charge is 0.0455 e. The summed E-state index contributed by atoms with van der Waals surface area (Å²) in [5.74, 6) is 0. The minimum atomic E-state index is 0. The molecule has 0 saturated carbocycles. The van der Waals surface area contributed by atoms with Crippen molar-refractivity contribution >= 4 is 12.2 Å². The van der Waals surface area contributed by atoms with Crippen molar-refractivity contribution in [3.05, 3.63) is 35.2 Å². The van der Waals surface area contributed by atoms with Gasteiger partial charge in [0, 0.05) is 36.5 Å². The lowest BCUT2D eigenvalue weighted by molar-refractivity contribution is 0.637. The van der Waals surface area contributed by atoms with Gasteiger partial charge in [-0.3, -0.25) is 0 Å². The van der Waals surface area contributed by atoms with Crippen LogP contribution >= 0.6 is 0 Å². The van der Waals surface area contributed by atoms with Gasteiger partial charge in [-0.05, 0) is 18.6 Å². The fourth-order valence-corrected chi connectivity index (χ4v) is 2.00. The molecule has 0 unspecified atom stereocenters. The van der Waals surface area contributed by atoms with Crippen LogP contribution in [0.2, 0.25) is 0 Å². The lowest BCUT2D eigenvalue weighted by Crippen LogP contribution is -2.23. The summed E-state index contributed by atoms with van der Waals surface area (Å²) in [5.41, 5.74) is 5.20. The maximum absolute atomic E-state index is 3.87. The summed E-state index contributed by atoms with van der Waals surface area (Å²) in [6.45, 7) is 11.9. The van der Waals surface area contributed by atoms with E-state index in [9.17, 15) is 0 Å². The van der Waals surface area contributed by atoms with Crippen molar-refractivity contribution in [2.45, 2.75) is 41.2 Å². The minimum Gasteiger partial charge on any atom is -0.358 e. The van der Waals surface area contributed by atoms with E-state index in [-0.39, 0.29) is 7.43 Å². The van der Waals surface area contributed by atoms with E-state index in [0.29, 0.717) is 0 Å². The van der Waals surface area contributed by atoms with Crippen LogP contribution in [0, 0.1) is 0 Å². The van der Waals surface area contributed by atoms with Gasteiger partial charge in [-0.2, -0.15) is 0 Å². The maximum atomic E-state index is 3.87. The molecule has 1 aliphatic heterocycles. The molecule has 0 spiro atoms. The molecule has 2 heteroatoms. The van der Waals surface area contributed by atoms with Gasteiger partial charge in [-0.1, -0.05) is 40.0 Å². The van der Waals surface area contributed by atoms with Gasteiger partial charge < -0.3 is 10.3 Å². The second kappa shape index (κ2) is 7.91. The van der Waals surface area contributed by atoms with Crippen molar-refractivity contribution in [2.24, 2.45) is 0 Å². The highest BCUT2D eigenvalue weighted by Gasteiger charge is 2.16. The zero-order valence-electron chi connectivity index (χ0n) is 10.6. The summed E-state index contributed by atoms with van der Waals surface area (Å²) >= 11 is 0. The summed E-state index contributed by atoms with van der Waals surface area (Å²) in [6, 6.07) is 0. The molecule has 1 aromatic heterocycles. The Kier molecular flexibility index (Phi) is 7.31. The van der Waals surface area contributed by atoms with Gasteiger partial charge >= 0.3 is 0 Å². The first-order valence-corrected chi connectivity index (χ1v) is 6.06. The molecule has 0 aliphatic carbocycles. The highest BCUT2D eigenvalue weighted by atomic mass is 14.9. The summed E-state index contributed by atoms with van der Waals surface area (Å²) in [7, 11) is 0. The number of aromatic amines is 1. The third-order valence-corrected chi connectivity index (χ3v) is 2.66. The molecule has 0 fully saturated rings. The third kappa shape index (κ3) is 3.34. The molecular weight excluding hydrogens is 208 g/mol. The Morgan fingerprint density at radius 1 is 1.29 bits per heavy atom. The van der Waals surface area contributed by atoms with Crippen molar-refractivity contribution in [1.82, 2.24) is 10.3 Å². The number of allylic oxidation sites excluding steroid dienone is 1. The Morgan fingerprint density at radius 2 is 2.00 bits per heavy atom. The van der Waals surface area contributed by atoms with Crippen molar-refractivity contribution in [3.63, 3.8) is 0 Å². The van der Waals surface area contributed by atoms with Crippen molar-refractivity contribution < 1.29 is 0 Å². The van der Waals surface area contributed by atoms with Crippen LogP contribution < -0.4 is 5.32 Å². The molecule has 1 aliphatic rings. The van der Waals surface area contributed by atoms with E-state index >= 15 is 0 Å². The number of aromatic nitrogens is 1. The molecule has 96 valence electrons. The van der Waals surface area contributed by atoms with E-state index in [1.54, 1.807) is 0 Å². The summed E-state index contributed by atoms with van der Waals surface area (Å²) in [6.07, 6.45) is 7.19. The first-order valence-electron chi connectivity index (χ1n) is 6.06.